The van der Waals surface area contributed by atoms with E-state index in [1.165, 1.54) is 21.2 Å². The zero-order valence-electron chi connectivity index (χ0n) is 16.3. The number of pyridine rings is 1. The summed E-state index contributed by atoms with van der Waals surface area (Å²) in [4.78, 5) is 21.4. The monoisotopic (exact) mass is 434 g/mol. The van der Waals surface area contributed by atoms with Gasteiger partial charge in [0.15, 0.2) is 0 Å². The molecule has 2 aromatic rings. The van der Waals surface area contributed by atoms with Crippen LogP contribution < -0.4 is 0 Å². The molecular weight excluding hydrogens is 408 g/mol. The molecule has 1 unspecified atom stereocenters. The molecule has 9 heteroatoms. The molecule has 0 saturated carbocycles. The van der Waals surface area contributed by atoms with Crippen LogP contribution >= 0.6 is 11.3 Å². The van der Waals surface area contributed by atoms with E-state index in [2.05, 4.69) is 9.88 Å². The number of carbonyl (C=O) groups is 1. The number of piperazine rings is 1. The van der Waals surface area contributed by atoms with Gasteiger partial charge in [-0.1, -0.05) is 6.07 Å². The first-order valence-corrected chi connectivity index (χ1v) is 12.3. The van der Waals surface area contributed by atoms with Crippen molar-refractivity contribution in [2.45, 2.75) is 23.6 Å². The molecule has 1 atom stereocenters. The average molecular weight is 435 g/mol. The summed E-state index contributed by atoms with van der Waals surface area (Å²) in [5, 5.41) is 1.77. The van der Waals surface area contributed by atoms with Gasteiger partial charge in [0.2, 0.25) is 5.91 Å². The molecule has 7 nitrogen and oxygen atoms in total. The molecule has 0 bridgehead atoms. The minimum Gasteiger partial charge on any atom is -0.340 e. The Morgan fingerprint density at radius 2 is 1.86 bits per heavy atom. The lowest BCUT2D eigenvalue weighted by Gasteiger charge is -2.38. The predicted octanol–water partition coefficient (Wildman–Crippen LogP) is 1.89. The zero-order chi connectivity index (χ0) is 20.3. The number of carbonyl (C=O) groups excluding carboxylic acids is 1. The Morgan fingerprint density at radius 1 is 1.10 bits per heavy atom. The van der Waals surface area contributed by atoms with Crippen LogP contribution in [0.3, 0.4) is 0 Å². The molecule has 0 radical (unpaired) electrons. The average Bonchev–Trinajstić information content (AvgIpc) is 3.31. The fourth-order valence-corrected chi connectivity index (χ4v) is 6.70. The van der Waals surface area contributed by atoms with Crippen molar-refractivity contribution in [3.63, 3.8) is 0 Å². The fourth-order valence-electron chi connectivity index (χ4n) is 4.03. The minimum atomic E-state index is -3.49. The Labute approximate surface area is 176 Å². The summed E-state index contributed by atoms with van der Waals surface area (Å²) < 4.78 is 27.5. The van der Waals surface area contributed by atoms with E-state index in [-0.39, 0.29) is 18.4 Å². The number of piperidine rings is 1. The maximum Gasteiger partial charge on any atom is 0.252 e. The van der Waals surface area contributed by atoms with Gasteiger partial charge < -0.3 is 4.90 Å². The van der Waals surface area contributed by atoms with Crippen LogP contribution in [0.25, 0.3) is 0 Å². The highest BCUT2D eigenvalue weighted by atomic mass is 32.2. The summed E-state index contributed by atoms with van der Waals surface area (Å²) in [6.07, 6.45) is 5.08. The number of hydrogen-bond donors (Lipinski definition) is 0. The van der Waals surface area contributed by atoms with Crippen molar-refractivity contribution in [3.05, 3.63) is 47.6 Å². The fraction of sp³-hybridized carbons (Fsp3) is 0.500. The number of nitrogens with zero attached hydrogens (tertiary/aromatic N) is 4. The van der Waals surface area contributed by atoms with E-state index < -0.39 is 10.0 Å². The van der Waals surface area contributed by atoms with Gasteiger partial charge in [-0.15, -0.1) is 11.3 Å². The number of amides is 1. The smallest absolute Gasteiger partial charge is 0.252 e. The van der Waals surface area contributed by atoms with Crippen molar-refractivity contribution in [2.75, 3.05) is 39.3 Å². The van der Waals surface area contributed by atoms with Crippen molar-refractivity contribution in [1.82, 2.24) is 19.1 Å². The first-order valence-electron chi connectivity index (χ1n) is 9.98. The first kappa shape index (κ1) is 20.5. The van der Waals surface area contributed by atoms with Crippen LogP contribution in [0, 0.1) is 5.92 Å². The minimum absolute atomic E-state index is 0.0969. The lowest BCUT2D eigenvalue weighted by molar-refractivity contribution is -0.138. The Kier molecular flexibility index (Phi) is 6.29. The molecule has 2 aliphatic rings. The summed E-state index contributed by atoms with van der Waals surface area (Å²) in [5.41, 5.74) is 1.22. The van der Waals surface area contributed by atoms with E-state index >= 15 is 0 Å². The van der Waals surface area contributed by atoms with Crippen LogP contribution in [0.5, 0.6) is 0 Å². The van der Waals surface area contributed by atoms with Crippen molar-refractivity contribution in [1.29, 1.82) is 0 Å². The summed E-state index contributed by atoms with van der Waals surface area (Å²) in [6.45, 7) is 4.69. The van der Waals surface area contributed by atoms with Gasteiger partial charge >= 0.3 is 0 Å². The molecule has 2 fully saturated rings. The van der Waals surface area contributed by atoms with Crippen LogP contribution in [-0.2, 0) is 21.4 Å². The topological polar surface area (TPSA) is 73.8 Å². The van der Waals surface area contributed by atoms with Crippen molar-refractivity contribution in [2.24, 2.45) is 5.92 Å². The highest BCUT2D eigenvalue weighted by Crippen LogP contribution is 2.27. The molecule has 1 amide bonds. The molecule has 2 aromatic heterocycles. The van der Waals surface area contributed by atoms with Gasteiger partial charge in [0, 0.05) is 58.2 Å². The Bertz CT molecular complexity index is 910. The Morgan fingerprint density at radius 3 is 2.55 bits per heavy atom. The van der Waals surface area contributed by atoms with Crippen LogP contribution in [0.1, 0.15) is 18.4 Å². The van der Waals surface area contributed by atoms with Gasteiger partial charge in [-0.05, 0) is 42.0 Å². The van der Waals surface area contributed by atoms with Gasteiger partial charge in [0.05, 0.1) is 5.92 Å². The second kappa shape index (κ2) is 8.91. The number of aromatic nitrogens is 1. The molecule has 4 heterocycles. The van der Waals surface area contributed by atoms with Gasteiger partial charge in [-0.25, -0.2) is 8.42 Å². The molecule has 0 N–H and O–H groups in total. The lowest BCUT2D eigenvalue weighted by atomic mass is 9.97. The van der Waals surface area contributed by atoms with Gasteiger partial charge in [0.1, 0.15) is 4.21 Å². The number of hydrogen-bond acceptors (Lipinski definition) is 6. The quantitative estimate of drug-likeness (QED) is 0.719. The van der Waals surface area contributed by atoms with Gasteiger partial charge in [-0.3, -0.25) is 14.7 Å². The Hall–Kier alpha value is -1.81. The van der Waals surface area contributed by atoms with Gasteiger partial charge in [0.25, 0.3) is 10.0 Å². The molecule has 0 spiro atoms. The van der Waals surface area contributed by atoms with E-state index in [1.54, 1.807) is 29.9 Å². The number of sulfonamides is 1. The normalized spacial score (nSPS) is 21.9. The first-order chi connectivity index (χ1) is 14.0. The standard InChI is InChI=1S/C20H26N4O3S2/c25-20(23-12-10-22(11-13-23)15-17-5-7-21-8-6-17)18-3-1-9-24(16-18)29(26,27)19-4-2-14-28-19/h2,4-8,14,18H,1,3,9-13,15-16H2. The van der Waals surface area contributed by atoms with E-state index in [9.17, 15) is 13.2 Å². The second-order valence-electron chi connectivity index (χ2n) is 7.59. The molecule has 0 aliphatic carbocycles. The molecule has 2 saturated heterocycles. The maximum absolute atomic E-state index is 13.1. The third kappa shape index (κ3) is 4.69. The molecular formula is C20H26N4O3S2. The maximum atomic E-state index is 13.1. The summed E-state index contributed by atoms with van der Waals surface area (Å²) in [6, 6.07) is 7.41. The van der Waals surface area contributed by atoms with Crippen molar-refractivity contribution < 1.29 is 13.2 Å². The largest absolute Gasteiger partial charge is 0.340 e. The lowest BCUT2D eigenvalue weighted by Crippen LogP contribution is -2.52. The summed E-state index contributed by atoms with van der Waals surface area (Å²) >= 11 is 1.23. The van der Waals surface area contributed by atoms with Crippen molar-refractivity contribution >= 4 is 27.3 Å². The van der Waals surface area contributed by atoms with Crippen LogP contribution in [-0.4, -0.2) is 72.7 Å². The molecule has 2 aliphatic heterocycles. The predicted molar refractivity (Wildman–Crippen MR) is 112 cm³/mol. The highest BCUT2D eigenvalue weighted by molar-refractivity contribution is 7.91. The molecule has 4 rings (SSSR count). The van der Waals surface area contributed by atoms with Gasteiger partial charge in [-0.2, -0.15) is 4.31 Å². The van der Waals surface area contributed by atoms with E-state index in [1.807, 2.05) is 17.0 Å². The third-order valence-electron chi connectivity index (χ3n) is 5.66. The second-order valence-corrected chi connectivity index (χ2v) is 10.7. The number of rotatable bonds is 5. The third-order valence-corrected chi connectivity index (χ3v) is 8.90. The van der Waals surface area contributed by atoms with Crippen LogP contribution in [0.2, 0.25) is 0 Å². The zero-order valence-corrected chi connectivity index (χ0v) is 17.9. The molecule has 156 valence electrons. The Balaban J connectivity index is 1.33. The van der Waals surface area contributed by atoms with Crippen molar-refractivity contribution in [3.8, 4) is 0 Å². The van der Waals surface area contributed by atoms with E-state index in [0.29, 0.717) is 23.8 Å². The van der Waals surface area contributed by atoms with Crippen LogP contribution in [0.15, 0.2) is 46.2 Å². The molecule has 29 heavy (non-hydrogen) atoms. The van der Waals surface area contributed by atoms with E-state index in [0.717, 1.165) is 32.5 Å². The van der Waals surface area contributed by atoms with E-state index in [4.69, 9.17) is 0 Å². The summed E-state index contributed by atoms with van der Waals surface area (Å²) in [7, 11) is -3.49. The van der Waals surface area contributed by atoms with Crippen LogP contribution in [0.4, 0.5) is 0 Å². The molecule has 0 aromatic carbocycles. The number of thiophene rings is 1. The highest BCUT2D eigenvalue weighted by Gasteiger charge is 2.36. The summed E-state index contributed by atoms with van der Waals surface area (Å²) in [5.74, 6) is -0.148. The SMILES string of the molecule is O=C(C1CCCN(S(=O)(=O)c2cccs2)C1)N1CCN(Cc2ccncc2)CC1.